The highest BCUT2D eigenvalue weighted by atomic mass is 35.5. The Morgan fingerprint density at radius 2 is 1.43 bits per heavy atom. The zero-order chi connectivity index (χ0) is 16.0. The van der Waals surface area contributed by atoms with Gasteiger partial charge in [0.25, 0.3) is 0 Å². The first-order valence-electron chi connectivity index (χ1n) is 7.69. The Balaban J connectivity index is 2.10. The van der Waals surface area contributed by atoms with Gasteiger partial charge < -0.3 is 4.74 Å². The molecule has 3 aromatic carbocycles. The van der Waals surface area contributed by atoms with Gasteiger partial charge in [0.2, 0.25) is 0 Å². The summed E-state index contributed by atoms with van der Waals surface area (Å²) in [6.07, 6.45) is 0. The molecule has 1 aliphatic carbocycles. The van der Waals surface area contributed by atoms with Gasteiger partial charge in [-0.25, -0.2) is 0 Å². The van der Waals surface area contributed by atoms with Crippen LogP contribution in [0, 0.1) is 0 Å². The van der Waals surface area contributed by atoms with E-state index in [1.165, 1.54) is 22.3 Å². The topological polar surface area (TPSA) is 9.23 Å². The zero-order valence-corrected chi connectivity index (χ0v) is 13.9. The fourth-order valence-electron chi connectivity index (χ4n) is 3.81. The lowest BCUT2D eigenvalue weighted by Crippen LogP contribution is -2.23. The monoisotopic (exact) mass is 320 g/mol. The maximum atomic E-state index is 6.32. The second kappa shape index (κ2) is 5.14. The second-order valence-electron chi connectivity index (χ2n) is 6.06. The summed E-state index contributed by atoms with van der Waals surface area (Å²) in [7, 11) is 1.72. The molecule has 0 spiro atoms. The molecule has 1 unspecified atom stereocenters. The number of ether oxygens (including phenoxy) is 1. The highest BCUT2D eigenvalue weighted by Gasteiger charge is 2.42. The van der Waals surface area contributed by atoms with Gasteiger partial charge in [0.15, 0.2) is 0 Å². The standard InChI is InChI=1S/C21H17ClO/c1-21(18-9-5-6-10-20(18)23-2)17-8-4-3-7-15(17)16-12-11-14(22)13-19(16)21/h3-13H,1-2H3. The Labute approximate surface area is 141 Å². The summed E-state index contributed by atoms with van der Waals surface area (Å²) in [5.41, 5.74) is 5.93. The van der Waals surface area contributed by atoms with Crippen LogP contribution in [0.3, 0.4) is 0 Å². The van der Waals surface area contributed by atoms with E-state index in [4.69, 9.17) is 16.3 Å². The van der Waals surface area contributed by atoms with Gasteiger partial charge in [-0.2, -0.15) is 0 Å². The number of fused-ring (bicyclic) bond motifs is 3. The minimum atomic E-state index is -0.274. The van der Waals surface area contributed by atoms with Crippen molar-refractivity contribution in [1.82, 2.24) is 0 Å². The maximum Gasteiger partial charge on any atom is 0.123 e. The van der Waals surface area contributed by atoms with Gasteiger partial charge in [-0.15, -0.1) is 0 Å². The third-order valence-corrected chi connectivity index (χ3v) is 5.16. The molecule has 114 valence electrons. The van der Waals surface area contributed by atoms with Gasteiger partial charge >= 0.3 is 0 Å². The van der Waals surface area contributed by atoms with E-state index in [1.807, 2.05) is 18.2 Å². The summed E-state index contributed by atoms with van der Waals surface area (Å²) in [5.74, 6) is 0.901. The van der Waals surface area contributed by atoms with Crippen molar-refractivity contribution in [3.8, 4) is 16.9 Å². The fourth-order valence-corrected chi connectivity index (χ4v) is 3.98. The molecule has 0 aromatic heterocycles. The summed E-state index contributed by atoms with van der Waals surface area (Å²) in [4.78, 5) is 0. The molecule has 0 aliphatic heterocycles. The second-order valence-corrected chi connectivity index (χ2v) is 6.50. The quantitative estimate of drug-likeness (QED) is 0.590. The van der Waals surface area contributed by atoms with Gasteiger partial charge in [0, 0.05) is 16.0 Å². The van der Waals surface area contributed by atoms with Crippen molar-refractivity contribution < 1.29 is 4.74 Å². The molecule has 1 aliphatic rings. The van der Waals surface area contributed by atoms with E-state index in [9.17, 15) is 0 Å². The third-order valence-electron chi connectivity index (χ3n) is 4.92. The van der Waals surface area contributed by atoms with Crippen molar-refractivity contribution in [2.45, 2.75) is 12.3 Å². The van der Waals surface area contributed by atoms with E-state index in [-0.39, 0.29) is 5.41 Å². The van der Waals surface area contributed by atoms with Crippen LogP contribution in [-0.2, 0) is 5.41 Å². The Morgan fingerprint density at radius 1 is 0.783 bits per heavy atom. The van der Waals surface area contributed by atoms with E-state index < -0.39 is 0 Å². The molecule has 1 atom stereocenters. The third kappa shape index (κ3) is 1.93. The smallest absolute Gasteiger partial charge is 0.123 e. The predicted octanol–water partition coefficient (Wildman–Crippen LogP) is 5.68. The first-order chi connectivity index (χ1) is 11.2. The van der Waals surface area contributed by atoms with Crippen LogP contribution in [0.2, 0.25) is 5.02 Å². The van der Waals surface area contributed by atoms with Crippen molar-refractivity contribution in [2.75, 3.05) is 7.11 Å². The molecule has 3 aromatic rings. The Hall–Kier alpha value is -2.25. The van der Waals surface area contributed by atoms with Gasteiger partial charge in [-0.05, 0) is 47.4 Å². The number of methoxy groups -OCH3 is 1. The summed E-state index contributed by atoms with van der Waals surface area (Å²) in [5, 5.41) is 0.762. The largest absolute Gasteiger partial charge is 0.496 e. The molecular weight excluding hydrogens is 304 g/mol. The van der Waals surface area contributed by atoms with Crippen LogP contribution in [0.15, 0.2) is 66.7 Å². The first kappa shape index (κ1) is 14.3. The molecule has 0 radical (unpaired) electrons. The lowest BCUT2D eigenvalue weighted by molar-refractivity contribution is 0.404. The molecule has 0 heterocycles. The van der Waals surface area contributed by atoms with E-state index in [0.29, 0.717) is 0 Å². The maximum absolute atomic E-state index is 6.32. The van der Waals surface area contributed by atoms with Crippen LogP contribution in [0.4, 0.5) is 0 Å². The molecule has 4 rings (SSSR count). The van der Waals surface area contributed by atoms with E-state index in [0.717, 1.165) is 16.3 Å². The molecule has 0 bridgehead atoms. The molecule has 0 N–H and O–H groups in total. The van der Waals surface area contributed by atoms with Gasteiger partial charge in [0.1, 0.15) is 5.75 Å². The van der Waals surface area contributed by atoms with Crippen LogP contribution >= 0.6 is 11.6 Å². The zero-order valence-electron chi connectivity index (χ0n) is 13.1. The summed E-state index contributed by atoms with van der Waals surface area (Å²) >= 11 is 6.32. The number of benzene rings is 3. The number of rotatable bonds is 2. The Morgan fingerprint density at radius 3 is 2.22 bits per heavy atom. The molecule has 2 heteroatoms. The molecule has 1 nitrogen and oxygen atoms in total. The molecule has 0 fully saturated rings. The van der Waals surface area contributed by atoms with Crippen LogP contribution in [0.25, 0.3) is 11.1 Å². The van der Waals surface area contributed by atoms with Crippen molar-refractivity contribution in [1.29, 1.82) is 0 Å². The van der Waals surface area contributed by atoms with Crippen molar-refractivity contribution in [3.63, 3.8) is 0 Å². The van der Waals surface area contributed by atoms with Crippen LogP contribution in [-0.4, -0.2) is 7.11 Å². The number of halogens is 1. The number of hydrogen-bond donors (Lipinski definition) is 0. The Bertz CT molecular complexity index is 900. The SMILES string of the molecule is COc1ccccc1C1(C)c2ccccc2-c2ccc(Cl)cc21. The summed E-state index contributed by atoms with van der Waals surface area (Å²) < 4.78 is 5.65. The lowest BCUT2D eigenvalue weighted by atomic mass is 9.74. The van der Waals surface area contributed by atoms with Gasteiger partial charge in [0.05, 0.1) is 7.11 Å². The van der Waals surface area contributed by atoms with Gasteiger partial charge in [-0.1, -0.05) is 60.1 Å². The van der Waals surface area contributed by atoms with Crippen LogP contribution in [0.5, 0.6) is 5.75 Å². The average Bonchev–Trinajstić information content (AvgIpc) is 2.85. The predicted molar refractivity (Wildman–Crippen MR) is 95.4 cm³/mol. The first-order valence-corrected chi connectivity index (χ1v) is 8.07. The molecule has 0 amide bonds. The normalized spacial score (nSPS) is 18.4. The van der Waals surface area contributed by atoms with E-state index >= 15 is 0 Å². The fraction of sp³-hybridized carbons (Fsp3) is 0.143. The van der Waals surface area contributed by atoms with Crippen LogP contribution < -0.4 is 4.74 Å². The number of para-hydroxylation sites is 1. The van der Waals surface area contributed by atoms with Crippen molar-refractivity contribution >= 4 is 11.6 Å². The minimum Gasteiger partial charge on any atom is -0.496 e. The van der Waals surface area contributed by atoms with Crippen molar-refractivity contribution in [3.05, 3.63) is 88.4 Å². The highest BCUT2D eigenvalue weighted by Crippen LogP contribution is 2.54. The average molecular weight is 321 g/mol. The molecular formula is C21H17ClO. The number of hydrogen-bond acceptors (Lipinski definition) is 1. The minimum absolute atomic E-state index is 0.274. The van der Waals surface area contributed by atoms with E-state index in [1.54, 1.807) is 7.11 Å². The molecule has 0 saturated carbocycles. The van der Waals surface area contributed by atoms with E-state index in [2.05, 4.69) is 55.5 Å². The molecule has 23 heavy (non-hydrogen) atoms. The molecule has 0 saturated heterocycles. The van der Waals surface area contributed by atoms with Crippen LogP contribution in [0.1, 0.15) is 23.6 Å². The van der Waals surface area contributed by atoms with Crippen molar-refractivity contribution in [2.24, 2.45) is 0 Å². The van der Waals surface area contributed by atoms with Gasteiger partial charge in [-0.3, -0.25) is 0 Å². The summed E-state index contributed by atoms with van der Waals surface area (Å²) in [6.45, 7) is 2.26. The highest BCUT2D eigenvalue weighted by molar-refractivity contribution is 6.30. The summed E-state index contributed by atoms with van der Waals surface area (Å²) in [6, 6.07) is 23.0. The lowest BCUT2D eigenvalue weighted by Gasteiger charge is -2.29. The Kier molecular flexibility index (Phi) is 3.21.